The number of thiophene rings is 2. The lowest BCUT2D eigenvalue weighted by Gasteiger charge is -2.11. The molecule has 0 N–H and O–H groups in total. The van der Waals surface area contributed by atoms with Crippen LogP contribution in [0.15, 0.2) is 316 Å². The van der Waals surface area contributed by atoms with Crippen molar-refractivity contribution in [3.05, 3.63) is 316 Å². The lowest BCUT2D eigenvalue weighted by atomic mass is 9.97. The van der Waals surface area contributed by atoms with Gasteiger partial charge in [0.05, 0.1) is 50.3 Å². The Bertz CT molecular complexity index is 6540. The molecular weight excluding hydrogens is 1210 g/mol. The molecule has 0 saturated heterocycles. The predicted octanol–water partition coefficient (Wildman–Crippen LogP) is 23.1. The number of rotatable bonds is 7. The molecule has 0 amide bonds. The van der Waals surface area contributed by atoms with E-state index in [4.69, 9.17) is 0 Å². The Balaban J connectivity index is 0.000000132. The minimum atomic E-state index is 0.860. The lowest BCUT2D eigenvalue weighted by molar-refractivity contribution is 1.15. The number of benzene rings is 12. The van der Waals surface area contributed by atoms with Crippen LogP contribution in [0, 0.1) is 0 Å². The first-order valence-electron chi connectivity index (χ1n) is 32.2. The van der Waals surface area contributed by atoms with E-state index in [1.165, 1.54) is 151 Å². The molecule has 0 fully saturated rings. The van der Waals surface area contributed by atoms with E-state index in [0.717, 1.165) is 33.4 Å². The third kappa shape index (κ3) is 8.52. The molecule has 21 rings (SSSR count). The first kappa shape index (κ1) is 54.2. The topological polar surface area (TPSA) is 71.3 Å². The summed E-state index contributed by atoms with van der Waals surface area (Å²) in [7, 11) is 0. The Morgan fingerprint density at radius 3 is 1.09 bits per heavy atom. The van der Waals surface area contributed by atoms with Gasteiger partial charge in [0.15, 0.2) is 0 Å². The zero-order valence-corrected chi connectivity index (χ0v) is 53.0. The first-order chi connectivity index (χ1) is 47.6. The van der Waals surface area contributed by atoms with Gasteiger partial charge in [-0.05, 0) is 173 Å². The third-order valence-electron chi connectivity index (χ3n) is 19.3. The van der Waals surface area contributed by atoms with E-state index in [2.05, 4.69) is 317 Å². The molecule has 8 nitrogen and oxygen atoms in total. The number of nitrogens with zero attached hydrogens (tertiary/aromatic N) is 8. The standard InChI is InChI=1S/C45H27N5S.C41H25N3S/c1-3-14-38-34(12-1)35-13-2-4-15-39(35)49(38)32-11-6-10-30(23-32)28-8-5-9-29(22-28)31-17-19-42-36(24-31)37-25-33(18-20-43(37)51-42)50-40-16-7-21-47-44(40)45-41(50)26-46-27-48-45;1-4-13-36-30(10-1)31-11-2-5-14-37(31)43(36)28-9-7-8-26(22-28)27-16-18-40-33(23-27)34-24-29(17-19-41(34)45-40)44-38-15-6-3-12-32(38)35-25-42-21-20-39(35)44/h1-27H;1-25H. The highest BCUT2D eigenvalue weighted by Crippen LogP contribution is 2.43. The highest BCUT2D eigenvalue weighted by atomic mass is 32.1. The van der Waals surface area contributed by atoms with Crippen LogP contribution in [0.3, 0.4) is 0 Å². The van der Waals surface area contributed by atoms with E-state index in [-0.39, 0.29) is 0 Å². The van der Waals surface area contributed by atoms with Gasteiger partial charge in [-0.15, -0.1) is 22.7 Å². The van der Waals surface area contributed by atoms with Gasteiger partial charge < -0.3 is 18.3 Å². The maximum Gasteiger partial charge on any atom is 0.118 e. The molecule has 0 aliphatic heterocycles. The quantitative estimate of drug-likeness (QED) is 0.159. The lowest BCUT2D eigenvalue weighted by Crippen LogP contribution is -1.94. The summed E-state index contributed by atoms with van der Waals surface area (Å²) in [6.07, 6.45) is 9.16. The predicted molar refractivity (Wildman–Crippen MR) is 404 cm³/mol. The van der Waals surface area contributed by atoms with Crippen LogP contribution in [0.2, 0.25) is 0 Å². The molecule has 10 heteroatoms. The summed E-state index contributed by atoms with van der Waals surface area (Å²) in [5.74, 6) is 0. The summed E-state index contributed by atoms with van der Waals surface area (Å²) in [6, 6.07) is 104. The van der Waals surface area contributed by atoms with Crippen molar-refractivity contribution in [2.45, 2.75) is 0 Å². The monoisotopic (exact) mass is 1260 g/mol. The largest absolute Gasteiger partial charge is 0.309 e. The SMILES string of the molecule is c1cc(-c2ccc3sc4ccc(-n5c6ccccc6c6cnccc65)cc4c3c2)cc(-n2c3ccccc3c3ccccc32)c1.c1cc(-c2cccc(-n3c4ccccc4c4ccccc43)c2)cc(-c2ccc3sc4ccc(-n5c6cccnc6c6ncncc65)cc4c3c2)c1. The molecule has 0 atom stereocenters. The van der Waals surface area contributed by atoms with E-state index in [1.807, 2.05) is 53.5 Å². The molecule has 9 heterocycles. The van der Waals surface area contributed by atoms with Crippen molar-refractivity contribution in [3.63, 3.8) is 0 Å². The zero-order chi connectivity index (χ0) is 63.0. The minimum Gasteiger partial charge on any atom is -0.309 e. The van der Waals surface area contributed by atoms with Gasteiger partial charge in [0.25, 0.3) is 0 Å². The van der Waals surface area contributed by atoms with Crippen LogP contribution in [-0.4, -0.2) is 38.2 Å². The van der Waals surface area contributed by atoms with Gasteiger partial charge in [-0.2, -0.15) is 0 Å². The summed E-state index contributed by atoms with van der Waals surface area (Å²) in [4.78, 5) is 18.0. The molecule has 21 aromatic rings. The minimum absolute atomic E-state index is 0.860. The summed E-state index contributed by atoms with van der Waals surface area (Å²) in [5.41, 5.74) is 22.7. The molecule has 0 aliphatic carbocycles. The maximum absolute atomic E-state index is 4.66. The van der Waals surface area contributed by atoms with E-state index in [0.29, 0.717) is 0 Å². The van der Waals surface area contributed by atoms with Crippen LogP contribution in [0.5, 0.6) is 0 Å². The number of pyridine rings is 2. The number of hydrogen-bond donors (Lipinski definition) is 0. The molecule has 0 spiro atoms. The van der Waals surface area contributed by atoms with E-state index >= 15 is 0 Å². The van der Waals surface area contributed by atoms with Crippen molar-refractivity contribution < 1.29 is 0 Å². The Morgan fingerprint density at radius 2 is 0.594 bits per heavy atom. The highest BCUT2D eigenvalue weighted by Gasteiger charge is 2.20. The van der Waals surface area contributed by atoms with Gasteiger partial charge in [-0.1, -0.05) is 146 Å². The Kier molecular flexibility index (Phi) is 12.2. The number of fused-ring (bicyclic) bond motifs is 18. The van der Waals surface area contributed by atoms with Crippen LogP contribution in [0.25, 0.3) is 184 Å². The molecule has 0 saturated carbocycles. The van der Waals surface area contributed by atoms with E-state index < -0.39 is 0 Å². The molecule has 96 heavy (non-hydrogen) atoms. The molecular formula is C86H52N8S2. The molecule has 12 aromatic carbocycles. The van der Waals surface area contributed by atoms with Crippen LogP contribution in [0.1, 0.15) is 0 Å². The normalized spacial score (nSPS) is 12.0. The van der Waals surface area contributed by atoms with Gasteiger partial charge in [-0.3, -0.25) is 9.97 Å². The fourth-order valence-corrected chi connectivity index (χ4v) is 17.2. The Morgan fingerprint density at radius 1 is 0.219 bits per heavy atom. The second-order valence-corrected chi connectivity index (χ2v) is 26.8. The van der Waals surface area contributed by atoms with Crippen LogP contribution >= 0.6 is 22.7 Å². The highest BCUT2D eigenvalue weighted by molar-refractivity contribution is 7.26. The smallest absolute Gasteiger partial charge is 0.118 e. The fraction of sp³-hybridized carbons (Fsp3) is 0. The number of para-hydroxylation sites is 5. The number of hydrogen-bond acceptors (Lipinski definition) is 6. The molecule has 448 valence electrons. The molecule has 0 aliphatic rings. The van der Waals surface area contributed by atoms with Crippen molar-refractivity contribution in [2.24, 2.45) is 0 Å². The summed E-state index contributed by atoms with van der Waals surface area (Å²) < 4.78 is 14.5. The molecule has 0 radical (unpaired) electrons. The van der Waals surface area contributed by atoms with E-state index in [1.54, 1.807) is 6.33 Å². The fourth-order valence-electron chi connectivity index (χ4n) is 15.0. The van der Waals surface area contributed by atoms with Crippen molar-refractivity contribution in [2.75, 3.05) is 0 Å². The van der Waals surface area contributed by atoms with Gasteiger partial charge in [0.2, 0.25) is 0 Å². The van der Waals surface area contributed by atoms with Crippen molar-refractivity contribution in [1.82, 2.24) is 38.2 Å². The maximum atomic E-state index is 4.66. The number of aromatic nitrogens is 8. The second kappa shape index (κ2) is 21.6. The molecule has 9 aromatic heterocycles. The summed E-state index contributed by atoms with van der Waals surface area (Å²) in [5, 5.41) is 12.6. The van der Waals surface area contributed by atoms with Gasteiger partial charge in [-0.25, -0.2) is 9.97 Å². The summed E-state index contributed by atoms with van der Waals surface area (Å²) >= 11 is 3.69. The average Bonchev–Trinajstić information content (AvgIpc) is 1.61. The third-order valence-corrected chi connectivity index (χ3v) is 21.6. The Hall–Kier alpha value is -12.3. The molecule has 0 bridgehead atoms. The van der Waals surface area contributed by atoms with Gasteiger partial charge >= 0.3 is 0 Å². The summed E-state index contributed by atoms with van der Waals surface area (Å²) in [6.45, 7) is 0. The van der Waals surface area contributed by atoms with Crippen molar-refractivity contribution >= 4 is 151 Å². The Labute approximate surface area is 557 Å². The van der Waals surface area contributed by atoms with Crippen LogP contribution < -0.4 is 0 Å². The van der Waals surface area contributed by atoms with Crippen molar-refractivity contribution in [1.29, 1.82) is 0 Å². The van der Waals surface area contributed by atoms with Crippen molar-refractivity contribution in [3.8, 4) is 56.1 Å². The molecule has 0 unspecified atom stereocenters. The second-order valence-electron chi connectivity index (χ2n) is 24.6. The first-order valence-corrected chi connectivity index (χ1v) is 33.8. The van der Waals surface area contributed by atoms with Crippen LogP contribution in [-0.2, 0) is 0 Å². The van der Waals surface area contributed by atoms with Gasteiger partial charge in [0.1, 0.15) is 17.4 Å². The van der Waals surface area contributed by atoms with E-state index in [9.17, 15) is 0 Å². The van der Waals surface area contributed by atoms with Crippen LogP contribution in [0.4, 0.5) is 0 Å². The average molecular weight is 1260 g/mol. The van der Waals surface area contributed by atoms with Gasteiger partial charge in [0, 0.05) is 114 Å². The zero-order valence-electron chi connectivity index (χ0n) is 51.4.